The highest BCUT2D eigenvalue weighted by molar-refractivity contribution is 5.39. The molecule has 1 heterocycles. The number of fused-ring (bicyclic) bond motifs is 1. The zero-order valence-corrected chi connectivity index (χ0v) is 10.1. The van der Waals surface area contributed by atoms with Gasteiger partial charge in [-0.05, 0) is 48.6 Å². The first-order chi connectivity index (χ1) is 8.34. The predicted octanol–water partition coefficient (Wildman–Crippen LogP) is 2.50. The van der Waals surface area contributed by atoms with Crippen LogP contribution >= 0.6 is 0 Å². The van der Waals surface area contributed by atoms with Gasteiger partial charge in [0.2, 0.25) is 0 Å². The Morgan fingerprint density at radius 1 is 1.24 bits per heavy atom. The Hall–Kier alpha value is -0.860. The Morgan fingerprint density at radius 3 is 2.76 bits per heavy atom. The van der Waals surface area contributed by atoms with Gasteiger partial charge in [-0.1, -0.05) is 24.3 Å². The lowest BCUT2D eigenvalue weighted by atomic mass is 9.73. The van der Waals surface area contributed by atoms with Crippen molar-refractivity contribution in [1.29, 1.82) is 0 Å². The van der Waals surface area contributed by atoms with Gasteiger partial charge in [-0.3, -0.25) is 0 Å². The van der Waals surface area contributed by atoms with Crippen LogP contribution in [-0.2, 0) is 11.2 Å². The molecule has 1 aromatic rings. The van der Waals surface area contributed by atoms with Crippen LogP contribution in [0.25, 0.3) is 0 Å². The average molecular weight is 232 g/mol. The third-order valence-electron chi connectivity index (χ3n) is 4.30. The number of aliphatic hydroxyl groups excluding tert-OH is 1. The summed E-state index contributed by atoms with van der Waals surface area (Å²) < 4.78 is 5.34. The van der Waals surface area contributed by atoms with Crippen LogP contribution in [0.4, 0.5) is 0 Å². The molecule has 92 valence electrons. The second-order valence-corrected chi connectivity index (χ2v) is 5.35. The minimum atomic E-state index is -0.141. The number of hydrogen-bond donors (Lipinski definition) is 1. The molecule has 1 aliphatic heterocycles. The van der Waals surface area contributed by atoms with Crippen molar-refractivity contribution >= 4 is 0 Å². The van der Waals surface area contributed by atoms with Crippen LogP contribution in [-0.4, -0.2) is 24.4 Å². The van der Waals surface area contributed by atoms with Gasteiger partial charge >= 0.3 is 0 Å². The summed E-state index contributed by atoms with van der Waals surface area (Å²) in [5.74, 6) is 1.04. The second-order valence-electron chi connectivity index (χ2n) is 5.35. The SMILES string of the molecule is OC(CC1Cc2ccccc21)C1CCOCC1. The summed E-state index contributed by atoms with van der Waals surface area (Å²) in [5.41, 5.74) is 2.93. The smallest absolute Gasteiger partial charge is 0.0576 e. The molecule has 2 heteroatoms. The van der Waals surface area contributed by atoms with Crippen molar-refractivity contribution in [2.75, 3.05) is 13.2 Å². The van der Waals surface area contributed by atoms with E-state index in [0.717, 1.165) is 38.9 Å². The molecule has 1 aliphatic carbocycles. The van der Waals surface area contributed by atoms with E-state index in [2.05, 4.69) is 24.3 Å². The van der Waals surface area contributed by atoms with Crippen LogP contribution in [0.15, 0.2) is 24.3 Å². The molecule has 0 aromatic heterocycles. The van der Waals surface area contributed by atoms with Gasteiger partial charge in [-0.25, -0.2) is 0 Å². The van der Waals surface area contributed by atoms with Gasteiger partial charge in [0, 0.05) is 13.2 Å². The van der Waals surface area contributed by atoms with Gasteiger partial charge in [-0.15, -0.1) is 0 Å². The lowest BCUT2D eigenvalue weighted by molar-refractivity contribution is 0.00150. The lowest BCUT2D eigenvalue weighted by Gasteiger charge is -2.35. The Bertz CT molecular complexity index is 382. The maximum absolute atomic E-state index is 10.3. The highest BCUT2D eigenvalue weighted by Crippen LogP contribution is 2.39. The van der Waals surface area contributed by atoms with Crippen LogP contribution in [0.1, 0.15) is 36.3 Å². The maximum atomic E-state index is 10.3. The summed E-state index contributed by atoms with van der Waals surface area (Å²) >= 11 is 0. The summed E-state index contributed by atoms with van der Waals surface area (Å²) in [6.07, 6.45) is 3.99. The number of ether oxygens (including phenoxy) is 1. The van der Waals surface area contributed by atoms with Gasteiger partial charge in [0.05, 0.1) is 6.10 Å². The summed E-state index contributed by atoms with van der Waals surface area (Å²) in [7, 11) is 0. The van der Waals surface area contributed by atoms with Crippen LogP contribution in [0, 0.1) is 5.92 Å². The van der Waals surface area contributed by atoms with E-state index in [4.69, 9.17) is 4.74 Å². The largest absolute Gasteiger partial charge is 0.393 e. The zero-order chi connectivity index (χ0) is 11.7. The molecule has 1 N–H and O–H groups in total. The van der Waals surface area contributed by atoms with Crippen LogP contribution in [0.5, 0.6) is 0 Å². The highest BCUT2D eigenvalue weighted by atomic mass is 16.5. The van der Waals surface area contributed by atoms with E-state index in [-0.39, 0.29) is 6.10 Å². The number of hydrogen-bond acceptors (Lipinski definition) is 2. The van der Waals surface area contributed by atoms with Crippen molar-refractivity contribution in [3.8, 4) is 0 Å². The first kappa shape index (κ1) is 11.2. The average Bonchev–Trinajstić information content (AvgIpc) is 2.37. The topological polar surface area (TPSA) is 29.5 Å². The molecule has 17 heavy (non-hydrogen) atoms. The van der Waals surface area contributed by atoms with Crippen molar-refractivity contribution < 1.29 is 9.84 Å². The summed E-state index contributed by atoms with van der Waals surface area (Å²) in [6.45, 7) is 1.64. The molecule has 3 rings (SSSR count). The molecular formula is C15H20O2. The third kappa shape index (κ3) is 2.24. The molecule has 2 nitrogen and oxygen atoms in total. The Balaban J connectivity index is 1.58. The monoisotopic (exact) mass is 232 g/mol. The zero-order valence-electron chi connectivity index (χ0n) is 10.1. The lowest BCUT2D eigenvalue weighted by Crippen LogP contribution is -2.31. The minimum absolute atomic E-state index is 0.141. The van der Waals surface area contributed by atoms with E-state index >= 15 is 0 Å². The fourth-order valence-electron chi connectivity index (χ4n) is 3.16. The van der Waals surface area contributed by atoms with Gasteiger partial charge in [0.1, 0.15) is 0 Å². The van der Waals surface area contributed by atoms with Gasteiger partial charge < -0.3 is 9.84 Å². The summed E-state index contributed by atoms with van der Waals surface area (Å²) in [4.78, 5) is 0. The van der Waals surface area contributed by atoms with E-state index in [1.807, 2.05) is 0 Å². The fourth-order valence-corrected chi connectivity index (χ4v) is 3.16. The number of rotatable bonds is 3. The molecule has 0 spiro atoms. The number of aliphatic hydroxyl groups is 1. The molecule has 0 radical (unpaired) electrons. The Kier molecular flexibility index (Phi) is 3.17. The maximum Gasteiger partial charge on any atom is 0.0576 e. The van der Waals surface area contributed by atoms with Crippen LogP contribution < -0.4 is 0 Å². The van der Waals surface area contributed by atoms with Crippen molar-refractivity contribution in [3.05, 3.63) is 35.4 Å². The first-order valence-electron chi connectivity index (χ1n) is 6.68. The number of benzene rings is 1. The van der Waals surface area contributed by atoms with Gasteiger partial charge in [-0.2, -0.15) is 0 Å². The fraction of sp³-hybridized carbons (Fsp3) is 0.600. The third-order valence-corrected chi connectivity index (χ3v) is 4.30. The molecule has 0 bridgehead atoms. The van der Waals surface area contributed by atoms with E-state index in [9.17, 15) is 5.11 Å². The van der Waals surface area contributed by atoms with Gasteiger partial charge in [0.15, 0.2) is 0 Å². The van der Waals surface area contributed by atoms with Gasteiger partial charge in [0.25, 0.3) is 0 Å². The highest BCUT2D eigenvalue weighted by Gasteiger charge is 2.31. The normalized spacial score (nSPS) is 26.1. The Labute approximate surface area is 103 Å². The molecule has 0 amide bonds. The molecule has 1 aromatic carbocycles. The quantitative estimate of drug-likeness (QED) is 0.867. The van der Waals surface area contributed by atoms with Crippen LogP contribution in [0.3, 0.4) is 0 Å². The van der Waals surface area contributed by atoms with Crippen molar-refractivity contribution in [2.45, 2.75) is 37.7 Å². The molecule has 0 saturated carbocycles. The molecule has 1 saturated heterocycles. The summed E-state index contributed by atoms with van der Waals surface area (Å²) in [5, 5.41) is 10.3. The van der Waals surface area contributed by atoms with E-state index in [1.165, 1.54) is 11.1 Å². The molecule has 2 atom stereocenters. The first-order valence-corrected chi connectivity index (χ1v) is 6.68. The standard InChI is InChI=1S/C15H20O2/c16-15(11-5-7-17-8-6-11)10-13-9-12-3-1-2-4-14(12)13/h1-4,11,13,15-16H,5-10H2. The van der Waals surface area contributed by atoms with E-state index in [0.29, 0.717) is 11.8 Å². The van der Waals surface area contributed by atoms with Crippen molar-refractivity contribution in [1.82, 2.24) is 0 Å². The summed E-state index contributed by atoms with van der Waals surface area (Å²) in [6, 6.07) is 8.61. The second kappa shape index (κ2) is 4.79. The molecule has 2 unspecified atom stereocenters. The minimum Gasteiger partial charge on any atom is -0.393 e. The van der Waals surface area contributed by atoms with Crippen LogP contribution in [0.2, 0.25) is 0 Å². The molecular weight excluding hydrogens is 212 g/mol. The Morgan fingerprint density at radius 2 is 2.00 bits per heavy atom. The van der Waals surface area contributed by atoms with Crippen molar-refractivity contribution in [3.63, 3.8) is 0 Å². The predicted molar refractivity (Wildman–Crippen MR) is 67.1 cm³/mol. The van der Waals surface area contributed by atoms with Crippen molar-refractivity contribution in [2.24, 2.45) is 5.92 Å². The molecule has 2 aliphatic rings. The van der Waals surface area contributed by atoms with E-state index in [1.54, 1.807) is 0 Å². The molecule has 1 fully saturated rings. The van der Waals surface area contributed by atoms with E-state index < -0.39 is 0 Å².